The molecule has 3 aliphatic rings. The fraction of sp³-hybridized carbons (Fsp3) is 0.333. The van der Waals surface area contributed by atoms with Gasteiger partial charge < -0.3 is 9.64 Å². The van der Waals surface area contributed by atoms with Crippen LogP contribution >= 0.6 is 0 Å². The number of anilines is 1. The van der Waals surface area contributed by atoms with E-state index in [1.807, 2.05) is 0 Å². The zero-order valence-electron chi connectivity index (χ0n) is 13.3. The SMILES string of the molecule is C1=C(c2cc3c4c(c2)CCCN4CCC3)Oc2ccccc2C1. The van der Waals surface area contributed by atoms with Gasteiger partial charge in [0.2, 0.25) is 0 Å². The first-order valence-corrected chi connectivity index (χ1v) is 8.75. The number of rotatable bonds is 1. The third-order valence-electron chi connectivity index (χ3n) is 5.32. The van der Waals surface area contributed by atoms with Crippen LogP contribution in [0.1, 0.15) is 35.1 Å². The maximum atomic E-state index is 6.20. The van der Waals surface area contributed by atoms with Crippen LogP contribution < -0.4 is 9.64 Å². The highest BCUT2D eigenvalue weighted by Crippen LogP contribution is 2.39. The molecule has 0 unspecified atom stereocenters. The number of hydrogen-bond acceptors (Lipinski definition) is 2. The fourth-order valence-electron chi connectivity index (χ4n) is 4.26. The zero-order valence-corrected chi connectivity index (χ0v) is 13.3. The van der Waals surface area contributed by atoms with Gasteiger partial charge in [0.05, 0.1) is 0 Å². The monoisotopic (exact) mass is 303 g/mol. The molecule has 2 aromatic carbocycles. The Morgan fingerprint density at radius 3 is 2.39 bits per heavy atom. The molecule has 5 rings (SSSR count). The Labute approximate surface area is 137 Å². The molecular weight excluding hydrogens is 282 g/mol. The highest BCUT2D eigenvalue weighted by atomic mass is 16.5. The standard InChI is InChI=1S/C21H21NO/c1-2-8-19-15(5-1)9-10-20(23-19)18-13-16-6-3-11-22-12-4-7-17(14-18)21(16)22/h1-2,5,8,10,13-14H,3-4,6-7,9,11-12H2. The van der Waals surface area contributed by atoms with Gasteiger partial charge in [0.1, 0.15) is 11.5 Å². The summed E-state index contributed by atoms with van der Waals surface area (Å²) in [4.78, 5) is 2.59. The van der Waals surface area contributed by atoms with Crippen molar-refractivity contribution in [2.75, 3.05) is 18.0 Å². The second kappa shape index (κ2) is 5.16. The molecule has 2 nitrogen and oxygen atoms in total. The van der Waals surface area contributed by atoms with E-state index in [1.165, 1.54) is 66.7 Å². The molecule has 3 aliphatic heterocycles. The molecule has 116 valence electrons. The molecule has 0 N–H and O–H groups in total. The summed E-state index contributed by atoms with van der Waals surface area (Å²) in [6, 6.07) is 13.1. The van der Waals surface area contributed by atoms with Gasteiger partial charge in [-0.05, 0) is 73.1 Å². The third kappa shape index (κ3) is 2.16. The Balaban J connectivity index is 1.56. The molecule has 3 heterocycles. The molecule has 0 bridgehead atoms. The van der Waals surface area contributed by atoms with Gasteiger partial charge >= 0.3 is 0 Å². The summed E-state index contributed by atoms with van der Waals surface area (Å²) in [5.74, 6) is 2.04. The minimum absolute atomic E-state index is 0.962. The highest BCUT2D eigenvalue weighted by molar-refractivity contribution is 5.72. The smallest absolute Gasteiger partial charge is 0.131 e. The Morgan fingerprint density at radius 2 is 1.61 bits per heavy atom. The van der Waals surface area contributed by atoms with E-state index in [1.54, 1.807) is 0 Å². The maximum absolute atomic E-state index is 6.20. The summed E-state index contributed by atoms with van der Waals surface area (Å²) in [5.41, 5.74) is 7.11. The summed E-state index contributed by atoms with van der Waals surface area (Å²) in [6.45, 7) is 2.46. The Hall–Kier alpha value is -2.22. The summed E-state index contributed by atoms with van der Waals surface area (Å²) < 4.78 is 6.20. The second-order valence-electron chi connectivity index (χ2n) is 6.82. The van der Waals surface area contributed by atoms with Crippen LogP contribution in [0.25, 0.3) is 5.76 Å². The maximum Gasteiger partial charge on any atom is 0.131 e. The lowest BCUT2D eigenvalue weighted by Crippen LogP contribution is -2.34. The Kier molecular flexibility index (Phi) is 2.97. The summed E-state index contributed by atoms with van der Waals surface area (Å²) in [7, 11) is 0. The number of allylic oxidation sites excluding steroid dienone is 1. The van der Waals surface area contributed by atoms with Crippen molar-refractivity contribution in [3.8, 4) is 5.75 Å². The van der Waals surface area contributed by atoms with Crippen LogP contribution in [0.15, 0.2) is 42.5 Å². The summed E-state index contributed by atoms with van der Waals surface area (Å²) >= 11 is 0. The van der Waals surface area contributed by atoms with E-state index < -0.39 is 0 Å². The van der Waals surface area contributed by atoms with Crippen LogP contribution in [-0.2, 0) is 19.3 Å². The quantitative estimate of drug-likeness (QED) is 0.776. The molecule has 0 saturated heterocycles. The highest BCUT2D eigenvalue weighted by Gasteiger charge is 2.25. The molecule has 0 spiro atoms. The van der Waals surface area contributed by atoms with Gasteiger partial charge in [-0.3, -0.25) is 0 Å². The van der Waals surface area contributed by atoms with Crippen molar-refractivity contribution in [2.24, 2.45) is 0 Å². The van der Waals surface area contributed by atoms with Crippen LogP contribution in [0.4, 0.5) is 5.69 Å². The molecule has 0 amide bonds. The second-order valence-corrected chi connectivity index (χ2v) is 6.82. The average molecular weight is 303 g/mol. The van der Waals surface area contributed by atoms with Gasteiger partial charge in [-0.1, -0.05) is 18.2 Å². The van der Waals surface area contributed by atoms with Gasteiger partial charge in [0.15, 0.2) is 0 Å². The number of fused-ring (bicyclic) bond motifs is 1. The fourth-order valence-corrected chi connectivity index (χ4v) is 4.26. The third-order valence-corrected chi connectivity index (χ3v) is 5.32. The minimum Gasteiger partial charge on any atom is -0.457 e. The number of ether oxygens (including phenoxy) is 1. The Bertz CT molecular complexity index is 774. The topological polar surface area (TPSA) is 12.5 Å². The van der Waals surface area contributed by atoms with Crippen molar-refractivity contribution in [3.05, 3.63) is 64.7 Å². The summed E-state index contributed by atoms with van der Waals surface area (Å²) in [5, 5.41) is 0. The van der Waals surface area contributed by atoms with Crippen LogP contribution in [0.2, 0.25) is 0 Å². The number of aryl methyl sites for hydroxylation is 2. The van der Waals surface area contributed by atoms with Gasteiger partial charge in [-0.15, -0.1) is 0 Å². The van der Waals surface area contributed by atoms with E-state index in [4.69, 9.17) is 4.74 Å². The number of nitrogens with zero attached hydrogens (tertiary/aromatic N) is 1. The number of para-hydroxylation sites is 1. The first-order chi connectivity index (χ1) is 11.4. The molecule has 23 heavy (non-hydrogen) atoms. The molecule has 0 saturated carbocycles. The molecule has 2 heteroatoms. The molecule has 2 aromatic rings. The van der Waals surface area contributed by atoms with Crippen molar-refractivity contribution < 1.29 is 4.74 Å². The van der Waals surface area contributed by atoms with E-state index in [0.717, 1.165) is 17.9 Å². The lowest BCUT2D eigenvalue weighted by molar-refractivity contribution is 0.498. The molecule has 0 radical (unpaired) electrons. The molecule has 0 aliphatic carbocycles. The lowest BCUT2D eigenvalue weighted by Gasteiger charge is -2.37. The van der Waals surface area contributed by atoms with Gasteiger partial charge in [0, 0.05) is 24.3 Å². The predicted octanol–water partition coefficient (Wildman–Crippen LogP) is 4.36. The van der Waals surface area contributed by atoms with E-state index in [9.17, 15) is 0 Å². The average Bonchev–Trinajstić information content (AvgIpc) is 2.62. The Morgan fingerprint density at radius 1 is 0.870 bits per heavy atom. The predicted molar refractivity (Wildman–Crippen MR) is 94.0 cm³/mol. The van der Waals surface area contributed by atoms with Gasteiger partial charge in [0.25, 0.3) is 0 Å². The van der Waals surface area contributed by atoms with Crippen LogP contribution in [0.3, 0.4) is 0 Å². The molecular formula is C21H21NO. The van der Waals surface area contributed by atoms with E-state index >= 15 is 0 Å². The van der Waals surface area contributed by atoms with Crippen molar-refractivity contribution in [1.82, 2.24) is 0 Å². The number of benzene rings is 2. The van der Waals surface area contributed by atoms with Crippen molar-refractivity contribution in [1.29, 1.82) is 0 Å². The van der Waals surface area contributed by atoms with Crippen LogP contribution in [0.5, 0.6) is 5.75 Å². The van der Waals surface area contributed by atoms with Crippen LogP contribution in [0, 0.1) is 0 Å². The van der Waals surface area contributed by atoms with E-state index in [-0.39, 0.29) is 0 Å². The molecule has 0 atom stereocenters. The van der Waals surface area contributed by atoms with Crippen molar-refractivity contribution in [3.63, 3.8) is 0 Å². The van der Waals surface area contributed by atoms with Crippen molar-refractivity contribution >= 4 is 11.4 Å². The number of hydrogen-bond donors (Lipinski definition) is 0. The first kappa shape index (κ1) is 13.2. The van der Waals surface area contributed by atoms with Crippen molar-refractivity contribution in [2.45, 2.75) is 32.1 Å². The molecule has 0 fully saturated rings. The van der Waals surface area contributed by atoms with Gasteiger partial charge in [-0.2, -0.15) is 0 Å². The van der Waals surface area contributed by atoms with Crippen LogP contribution in [-0.4, -0.2) is 13.1 Å². The largest absolute Gasteiger partial charge is 0.457 e. The first-order valence-electron chi connectivity index (χ1n) is 8.75. The molecule has 0 aromatic heterocycles. The van der Waals surface area contributed by atoms with E-state index in [2.05, 4.69) is 47.4 Å². The van der Waals surface area contributed by atoms with E-state index in [0.29, 0.717) is 0 Å². The lowest BCUT2D eigenvalue weighted by atomic mass is 9.89. The van der Waals surface area contributed by atoms with Gasteiger partial charge in [-0.25, -0.2) is 0 Å². The minimum atomic E-state index is 0.962. The summed E-state index contributed by atoms with van der Waals surface area (Å²) in [6.07, 6.45) is 8.16. The normalized spacial score (nSPS) is 18.6. The zero-order chi connectivity index (χ0) is 15.2.